The van der Waals surface area contributed by atoms with Crippen molar-refractivity contribution < 1.29 is 16.8 Å². The molecule has 2 heterocycles. The third-order valence-electron chi connectivity index (χ3n) is 3.10. The summed E-state index contributed by atoms with van der Waals surface area (Å²) in [7, 11) is -6.55. The highest BCUT2D eigenvalue weighted by atomic mass is 35.5. The molecule has 0 aromatic rings. The van der Waals surface area contributed by atoms with Crippen LogP contribution in [-0.4, -0.2) is 49.5 Å². The molecule has 2 aliphatic heterocycles. The van der Waals surface area contributed by atoms with Crippen molar-refractivity contribution in [3.8, 4) is 0 Å². The zero-order valence-corrected chi connectivity index (χ0v) is 13.4. The Balaban J connectivity index is 1.99. The lowest BCUT2D eigenvalue weighted by atomic mass is 10.2. The molecular formula is C9H15ClN2O4S3. The maximum Gasteiger partial charge on any atom is 0.226 e. The first kappa shape index (κ1) is 15.6. The van der Waals surface area contributed by atoms with Gasteiger partial charge in [-0.25, -0.2) is 21.6 Å². The molecule has 0 aromatic heterocycles. The molecule has 10 heteroatoms. The van der Waals surface area contributed by atoms with Crippen LogP contribution in [0.2, 0.25) is 0 Å². The fraction of sp³-hybridized carbons (Fsp3) is 0.889. The molecule has 1 fully saturated rings. The first-order chi connectivity index (χ1) is 8.70. The quantitative estimate of drug-likeness (QED) is 0.805. The van der Waals surface area contributed by atoms with E-state index < -0.39 is 30.5 Å². The third kappa shape index (κ3) is 3.84. The summed E-state index contributed by atoms with van der Waals surface area (Å²) in [4.78, 5) is 3.98. The van der Waals surface area contributed by atoms with Gasteiger partial charge in [0, 0.05) is 6.04 Å². The summed E-state index contributed by atoms with van der Waals surface area (Å²) < 4.78 is 49.1. The van der Waals surface area contributed by atoms with E-state index in [0.29, 0.717) is 12.8 Å². The molecule has 0 saturated carbocycles. The Kier molecular flexibility index (Phi) is 4.51. The maximum atomic E-state index is 12.2. The number of rotatable bonds is 3. The van der Waals surface area contributed by atoms with Gasteiger partial charge in [0.2, 0.25) is 10.0 Å². The third-order valence-corrected chi connectivity index (χ3v) is 8.83. The Morgan fingerprint density at radius 2 is 1.95 bits per heavy atom. The first-order valence-corrected chi connectivity index (χ1v) is 10.4. The Hall–Kier alpha value is 0.170. The molecule has 2 atom stereocenters. The summed E-state index contributed by atoms with van der Waals surface area (Å²) >= 11 is 6.75. The first-order valence-electron chi connectivity index (χ1n) is 5.81. The predicted molar refractivity (Wildman–Crippen MR) is 77.9 cm³/mol. The second-order valence-electron chi connectivity index (χ2n) is 4.70. The lowest BCUT2D eigenvalue weighted by Gasteiger charge is -2.25. The number of nitrogens with one attached hydrogen (secondary N) is 1. The van der Waals surface area contributed by atoms with E-state index in [4.69, 9.17) is 11.6 Å². The second kappa shape index (κ2) is 5.51. The maximum absolute atomic E-state index is 12.2. The van der Waals surface area contributed by atoms with Gasteiger partial charge >= 0.3 is 0 Å². The Labute approximate surface area is 122 Å². The highest BCUT2D eigenvalue weighted by Crippen LogP contribution is 2.32. The number of halogens is 1. The van der Waals surface area contributed by atoms with E-state index in [1.807, 2.05) is 0 Å². The zero-order valence-electron chi connectivity index (χ0n) is 10.2. The molecule has 0 aliphatic carbocycles. The average Bonchev–Trinajstić information content (AvgIpc) is 2.62. The summed E-state index contributed by atoms with van der Waals surface area (Å²) in [6.07, 6.45) is 0.643. The van der Waals surface area contributed by atoms with Gasteiger partial charge in [-0.1, -0.05) is 23.4 Å². The number of sulfone groups is 1. The van der Waals surface area contributed by atoms with Crippen LogP contribution in [0.3, 0.4) is 0 Å². The van der Waals surface area contributed by atoms with E-state index in [2.05, 4.69) is 9.71 Å². The summed E-state index contributed by atoms with van der Waals surface area (Å²) in [5.74, 6) is 0.0651. The Morgan fingerprint density at radius 3 is 2.42 bits per heavy atom. The SMILES string of the molecule is CC1N=C(Cl)SC1S(=O)(=O)NC1CCS(=O)(=O)CC1. The van der Waals surface area contributed by atoms with E-state index in [1.54, 1.807) is 6.92 Å². The molecule has 2 aliphatic rings. The molecule has 2 unspecified atom stereocenters. The largest absolute Gasteiger partial charge is 0.262 e. The topological polar surface area (TPSA) is 92.7 Å². The summed E-state index contributed by atoms with van der Waals surface area (Å²) in [6.45, 7) is 1.69. The minimum Gasteiger partial charge on any atom is -0.262 e. The Bertz CT molecular complexity index is 573. The minimum absolute atomic E-state index is 0.0325. The molecule has 110 valence electrons. The molecule has 19 heavy (non-hydrogen) atoms. The zero-order chi connectivity index (χ0) is 14.3. The monoisotopic (exact) mass is 346 g/mol. The van der Waals surface area contributed by atoms with Crippen LogP contribution in [-0.2, 0) is 19.9 Å². The van der Waals surface area contributed by atoms with Gasteiger partial charge in [-0.05, 0) is 19.8 Å². The second-order valence-corrected chi connectivity index (χ2v) is 10.8. The van der Waals surface area contributed by atoms with Crippen molar-refractivity contribution in [2.45, 2.75) is 36.4 Å². The van der Waals surface area contributed by atoms with Crippen molar-refractivity contribution in [1.82, 2.24) is 4.72 Å². The van der Waals surface area contributed by atoms with Gasteiger partial charge in [0.25, 0.3) is 0 Å². The molecule has 2 rings (SSSR count). The van der Waals surface area contributed by atoms with Gasteiger partial charge in [-0.3, -0.25) is 4.99 Å². The lowest BCUT2D eigenvalue weighted by Crippen LogP contribution is -2.45. The van der Waals surface area contributed by atoms with Crippen molar-refractivity contribution in [3.63, 3.8) is 0 Å². The van der Waals surface area contributed by atoms with E-state index in [-0.39, 0.29) is 22.1 Å². The number of nitrogens with zero attached hydrogens (tertiary/aromatic N) is 1. The van der Waals surface area contributed by atoms with E-state index in [0.717, 1.165) is 11.8 Å². The van der Waals surface area contributed by atoms with Gasteiger partial charge in [0.05, 0.1) is 17.5 Å². The van der Waals surface area contributed by atoms with Crippen molar-refractivity contribution in [2.75, 3.05) is 11.5 Å². The highest BCUT2D eigenvalue weighted by Gasteiger charge is 2.39. The fourth-order valence-corrected chi connectivity index (χ4v) is 7.20. The van der Waals surface area contributed by atoms with Crippen LogP contribution in [0.4, 0.5) is 0 Å². The van der Waals surface area contributed by atoms with Gasteiger partial charge in [-0.2, -0.15) is 0 Å². The van der Waals surface area contributed by atoms with E-state index >= 15 is 0 Å². The molecule has 6 nitrogen and oxygen atoms in total. The molecule has 1 N–H and O–H groups in total. The van der Waals surface area contributed by atoms with Crippen molar-refractivity contribution in [3.05, 3.63) is 0 Å². The van der Waals surface area contributed by atoms with E-state index in [9.17, 15) is 16.8 Å². The normalized spacial score (nSPS) is 32.2. The molecular weight excluding hydrogens is 332 g/mol. The molecule has 1 saturated heterocycles. The lowest BCUT2D eigenvalue weighted by molar-refractivity contribution is 0.502. The number of hydrogen-bond donors (Lipinski definition) is 1. The van der Waals surface area contributed by atoms with Crippen LogP contribution in [0, 0.1) is 0 Å². The van der Waals surface area contributed by atoms with Crippen LogP contribution < -0.4 is 4.72 Å². The predicted octanol–water partition coefficient (Wildman–Crippen LogP) is 0.539. The van der Waals surface area contributed by atoms with Gasteiger partial charge in [-0.15, -0.1) is 0 Å². The number of sulfonamides is 1. The van der Waals surface area contributed by atoms with Crippen LogP contribution in [0.1, 0.15) is 19.8 Å². The summed E-state index contributed by atoms with van der Waals surface area (Å²) in [6, 6.07) is -0.719. The van der Waals surface area contributed by atoms with Crippen LogP contribution in [0.25, 0.3) is 0 Å². The molecule has 0 spiro atoms. The average molecular weight is 347 g/mol. The van der Waals surface area contributed by atoms with Crippen LogP contribution in [0.5, 0.6) is 0 Å². The van der Waals surface area contributed by atoms with E-state index in [1.165, 1.54) is 0 Å². The fourth-order valence-electron chi connectivity index (χ4n) is 2.08. The standard InChI is InChI=1S/C9H15ClN2O4S3/c1-6-8(17-9(10)11-6)19(15,16)12-7-2-4-18(13,14)5-3-7/h6-8,12H,2-5H2,1H3. The minimum atomic E-state index is -3.56. The molecule has 0 amide bonds. The summed E-state index contributed by atoms with van der Waals surface area (Å²) in [5, 5.41) is 0. The van der Waals surface area contributed by atoms with Gasteiger partial charge in [0.1, 0.15) is 14.4 Å². The van der Waals surface area contributed by atoms with Gasteiger partial charge < -0.3 is 0 Å². The smallest absolute Gasteiger partial charge is 0.226 e. The van der Waals surface area contributed by atoms with Crippen LogP contribution >= 0.6 is 23.4 Å². The number of hydrogen-bond acceptors (Lipinski definition) is 6. The number of aliphatic imine (C=N–C) groups is 1. The molecule has 0 aromatic carbocycles. The number of thioether (sulfide) groups is 1. The Morgan fingerprint density at radius 1 is 1.37 bits per heavy atom. The highest BCUT2D eigenvalue weighted by molar-refractivity contribution is 8.24. The van der Waals surface area contributed by atoms with Crippen molar-refractivity contribution in [1.29, 1.82) is 0 Å². The van der Waals surface area contributed by atoms with Crippen molar-refractivity contribution in [2.24, 2.45) is 4.99 Å². The summed E-state index contributed by atoms with van der Waals surface area (Å²) in [5.41, 5.74) is 0. The van der Waals surface area contributed by atoms with Crippen molar-refractivity contribution >= 4 is 47.7 Å². The van der Waals surface area contributed by atoms with Crippen LogP contribution in [0.15, 0.2) is 4.99 Å². The molecule has 0 radical (unpaired) electrons. The molecule has 0 bridgehead atoms. The van der Waals surface area contributed by atoms with Gasteiger partial charge in [0.15, 0.2) is 4.50 Å².